The number of carbonyl (C=O) groups excluding carboxylic acids is 1. The molecule has 1 aromatic heterocycles. The highest BCUT2D eigenvalue weighted by Crippen LogP contribution is 1.94. The Kier molecular flexibility index (Phi) is 7.04. The van der Waals surface area contributed by atoms with Crippen LogP contribution in [0.2, 0.25) is 0 Å². The van der Waals surface area contributed by atoms with Gasteiger partial charge in [0.15, 0.2) is 0 Å². The Labute approximate surface area is 116 Å². The Morgan fingerprint density at radius 2 is 2.35 bits per heavy atom. The lowest BCUT2D eigenvalue weighted by Gasteiger charge is -2.14. The molecule has 9 heteroatoms. The molecule has 20 heavy (non-hydrogen) atoms. The Morgan fingerprint density at radius 1 is 1.55 bits per heavy atom. The molecule has 9 nitrogen and oxygen atoms in total. The van der Waals surface area contributed by atoms with Crippen LogP contribution in [0.4, 0.5) is 4.79 Å². The van der Waals surface area contributed by atoms with Gasteiger partial charge in [-0.2, -0.15) is 5.10 Å². The predicted octanol–water partition coefficient (Wildman–Crippen LogP) is -0.474. The van der Waals surface area contributed by atoms with E-state index >= 15 is 0 Å². The molecule has 1 rings (SSSR count). The number of ether oxygens (including phenoxy) is 1. The van der Waals surface area contributed by atoms with Gasteiger partial charge in [-0.1, -0.05) is 0 Å². The number of nitrogens with zero attached hydrogens (tertiary/aromatic N) is 2. The maximum atomic E-state index is 11.5. The van der Waals surface area contributed by atoms with Crippen LogP contribution in [0.25, 0.3) is 0 Å². The first-order valence-electron chi connectivity index (χ1n) is 6.24. The topological polar surface area (TPSA) is 129 Å². The number of carboxylic acids is 1. The monoisotopic (exact) mass is 285 g/mol. The first kappa shape index (κ1) is 15.9. The molecule has 0 fully saturated rings. The summed E-state index contributed by atoms with van der Waals surface area (Å²) in [7, 11) is 1.47. The second-order valence-corrected chi connectivity index (χ2v) is 4.11. The molecule has 0 bridgehead atoms. The number of nitrogens with one attached hydrogen (secondary N) is 3. The summed E-state index contributed by atoms with van der Waals surface area (Å²) in [5.41, 5.74) is 0. The summed E-state index contributed by atoms with van der Waals surface area (Å²) in [4.78, 5) is 26.4. The highest BCUT2D eigenvalue weighted by atomic mass is 16.5. The van der Waals surface area contributed by atoms with Crippen molar-refractivity contribution in [2.75, 3.05) is 20.3 Å². The van der Waals surface area contributed by atoms with Crippen molar-refractivity contribution in [2.24, 2.45) is 0 Å². The number of amides is 2. The third-order valence-electron chi connectivity index (χ3n) is 2.55. The van der Waals surface area contributed by atoms with Crippen molar-refractivity contribution < 1.29 is 19.4 Å². The molecule has 0 aromatic carbocycles. The van der Waals surface area contributed by atoms with E-state index in [-0.39, 0.29) is 13.0 Å². The number of carbonyl (C=O) groups is 2. The smallest absolute Gasteiger partial charge is 0.326 e. The van der Waals surface area contributed by atoms with Crippen molar-refractivity contribution in [2.45, 2.75) is 25.3 Å². The van der Waals surface area contributed by atoms with Crippen LogP contribution in [0.15, 0.2) is 6.33 Å². The molecule has 0 aliphatic heterocycles. The number of carboxylic acid groups (broad SMARTS) is 1. The highest BCUT2D eigenvalue weighted by Gasteiger charge is 2.19. The van der Waals surface area contributed by atoms with Crippen LogP contribution in [-0.2, 0) is 16.0 Å². The largest absolute Gasteiger partial charge is 0.480 e. The fourth-order valence-electron chi connectivity index (χ4n) is 1.51. The summed E-state index contributed by atoms with van der Waals surface area (Å²) < 4.78 is 4.79. The van der Waals surface area contributed by atoms with E-state index in [1.54, 1.807) is 0 Å². The van der Waals surface area contributed by atoms with Crippen LogP contribution in [0.1, 0.15) is 18.7 Å². The van der Waals surface area contributed by atoms with Crippen molar-refractivity contribution in [3.05, 3.63) is 12.2 Å². The van der Waals surface area contributed by atoms with Gasteiger partial charge < -0.3 is 20.5 Å². The van der Waals surface area contributed by atoms with E-state index in [0.717, 1.165) is 5.82 Å². The fourth-order valence-corrected chi connectivity index (χ4v) is 1.51. The number of aliphatic carboxylic acids is 1. The van der Waals surface area contributed by atoms with Crippen molar-refractivity contribution >= 4 is 12.0 Å². The zero-order valence-electron chi connectivity index (χ0n) is 11.3. The minimum absolute atomic E-state index is 0.220. The van der Waals surface area contributed by atoms with Crippen LogP contribution in [0.5, 0.6) is 0 Å². The van der Waals surface area contributed by atoms with E-state index in [2.05, 4.69) is 25.8 Å². The maximum absolute atomic E-state index is 11.5. The summed E-state index contributed by atoms with van der Waals surface area (Å²) >= 11 is 0. The van der Waals surface area contributed by atoms with E-state index in [9.17, 15) is 9.59 Å². The predicted molar refractivity (Wildman–Crippen MR) is 69.2 cm³/mol. The minimum Gasteiger partial charge on any atom is -0.480 e. The standard InChI is InChI=1S/C11H19N5O4/c1-20-6-4-8(10(17)18)15-11(19)12-5-2-3-9-13-7-14-16-9/h7-8H,2-6H2,1H3,(H,17,18)(H2,12,15,19)(H,13,14,16). The Hall–Kier alpha value is -2.16. The molecule has 4 N–H and O–H groups in total. The number of hydrogen-bond acceptors (Lipinski definition) is 5. The zero-order chi connectivity index (χ0) is 14.8. The number of aromatic nitrogens is 3. The highest BCUT2D eigenvalue weighted by molar-refractivity contribution is 5.82. The quantitative estimate of drug-likeness (QED) is 0.454. The summed E-state index contributed by atoms with van der Waals surface area (Å²) in [6.45, 7) is 0.686. The van der Waals surface area contributed by atoms with Gasteiger partial charge in [-0.15, -0.1) is 0 Å². The first-order chi connectivity index (χ1) is 9.63. The van der Waals surface area contributed by atoms with Gasteiger partial charge in [0.1, 0.15) is 18.2 Å². The minimum atomic E-state index is -1.08. The van der Waals surface area contributed by atoms with E-state index in [4.69, 9.17) is 9.84 Å². The molecule has 0 aliphatic carbocycles. The van der Waals surface area contributed by atoms with Crippen molar-refractivity contribution in [3.8, 4) is 0 Å². The molecule has 2 amide bonds. The second-order valence-electron chi connectivity index (χ2n) is 4.11. The van der Waals surface area contributed by atoms with Gasteiger partial charge in [0.2, 0.25) is 0 Å². The zero-order valence-corrected chi connectivity index (χ0v) is 11.3. The van der Waals surface area contributed by atoms with Gasteiger partial charge in [0.25, 0.3) is 0 Å². The van der Waals surface area contributed by atoms with E-state index in [1.165, 1.54) is 13.4 Å². The average molecular weight is 285 g/mol. The molecule has 1 heterocycles. The summed E-state index contributed by atoms with van der Waals surface area (Å²) in [5, 5.41) is 20.3. The molecule has 0 saturated carbocycles. The number of aromatic amines is 1. The molecular weight excluding hydrogens is 266 g/mol. The maximum Gasteiger partial charge on any atom is 0.326 e. The SMILES string of the molecule is COCCC(NC(=O)NCCCc1ncn[nH]1)C(=O)O. The fraction of sp³-hybridized carbons (Fsp3) is 0.636. The molecule has 0 spiro atoms. The molecule has 1 aromatic rings. The molecule has 112 valence electrons. The molecule has 0 aliphatic rings. The lowest BCUT2D eigenvalue weighted by atomic mass is 10.2. The molecule has 0 radical (unpaired) electrons. The van der Waals surface area contributed by atoms with Crippen molar-refractivity contribution in [3.63, 3.8) is 0 Å². The third kappa shape index (κ3) is 6.14. The van der Waals surface area contributed by atoms with Crippen LogP contribution in [-0.4, -0.2) is 58.6 Å². The van der Waals surface area contributed by atoms with Gasteiger partial charge in [0, 0.05) is 33.1 Å². The van der Waals surface area contributed by atoms with Gasteiger partial charge >= 0.3 is 12.0 Å². The Bertz CT molecular complexity index is 409. The van der Waals surface area contributed by atoms with Crippen molar-refractivity contribution in [1.29, 1.82) is 0 Å². The molecule has 0 saturated heterocycles. The first-order valence-corrected chi connectivity index (χ1v) is 6.24. The van der Waals surface area contributed by atoms with Crippen molar-refractivity contribution in [1.82, 2.24) is 25.8 Å². The van der Waals surface area contributed by atoms with Crippen LogP contribution in [0, 0.1) is 0 Å². The van der Waals surface area contributed by atoms with Gasteiger partial charge in [0.05, 0.1) is 0 Å². The number of hydrogen-bond donors (Lipinski definition) is 4. The van der Waals surface area contributed by atoms with Crippen LogP contribution < -0.4 is 10.6 Å². The number of rotatable bonds is 9. The second kappa shape index (κ2) is 8.86. The van der Waals surface area contributed by atoms with Gasteiger partial charge in [-0.3, -0.25) is 5.10 Å². The summed E-state index contributed by atoms with van der Waals surface area (Å²) in [6.07, 6.45) is 2.98. The molecular formula is C11H19N5O4. The Balaban J connectivity index is 2.18. The Morgan fingerprint density at radius 3 is 2.95 bits per heavy atom. The van der Waals surface area contributed by atoms with E-state index < -0.39 is 18.0 Å². The molecule has 1 unspecified atom stereocenters. The van der Waals surface area contributed by atoms with Crippen LogP contribution in [0.3, 0.4) is 0 Å². The lowest BCUT2D eigenvalue weighted by molar-refractivity contribution is -0.139. The lowest BCUT2D eigenvalue weighted by Crippen LogP contribution is -2.46. The number of urea groups is 1. The van der Waals surface area contributed by atoms with Gasteiger partial charge in [-0.05, 0) is 6.42 Å². The number of H-pyrrole nitrogens is 1. The summed E-state index contributed by atoms with van der Waals surface area (Å²) in [6, 6.07) is -1.46. The number of methoxy groups -OCH3 is 1. The van der Waals surface area contributed by atoms with E-state index in [0.29, 0.717) is 19.4 Å². The van der Waals surface area contributed by atoms with E-state index in [1.807, 2.05) is 0 Å². The number of aryl methyl sites for hydroxylation is 1. The average Bonchev–Trinajstić information content (AvgIpc) is 2.92. The third-order valence-corrected chi connectivity index (χ3v) is 2.55. The normalized spacial score (nSPS) is 11.8. The van der Waals surface area contributed by atoms with Gasteiger partial charge in [-0.25, -0.2) is 14.6 Å². The van der Waals surface area contributed by atoms with Crippen LogP contribution >= 0.6 is 0 Å². The summed E-state index contributed by atoms with van der Waals surface area (Å²) in [5.74, 6) is -0.338. The molecule has 1 atom stereocenters.